The minimum Gasteiger partial charge on any atom is -0.374 e. The summed E-state index contributed by atoms with van der Waals surface area (Å²) in [6.45, 7) is 9.68. The zero-order chi connectivity index (χ0) is 15.9. The van der Waals surface area contributed by atoms with E-state index in [-0.39, 0.29) is 0 Å². The summed E-state index contributed by atoms with van der Waals surface area (Å²) in [6, 6.07) is 6.76. The number of rotatable bonds is 8. The SMILES string of the molecule is C=Cc1ccc2c(c1)C(N(C)CCC(CC)CCC)=CCC2. The summed E-state index contributed by atoms with van der Waals surface area (Å²) < 4.78 is 0. The van der Waals surface area contributed by atoms with E-state index in [1.807, 2.05) is 6.08 Å². The van der Waals surface area contributed by atoms with Crippen LogP contribution in [0.3, 0.4) is 0 Å². The van der Waals surface area contributed by atoms with Crippen LogP contribution in [0.2, 0.25) is 0 Å². The van der Waals surface area contributed by atoms with Gasteiger partial charge in [0.05, 0.1) is 0 Å². The van der Waals surface area contributed by atoms with Crippen molar-refractivity contribution in [3.05, 3.63) is 47.5 Å². The van der Waals surface area contributed by atoms with Gasteiger partial charge >= 0.3 is 0 Å². The predicted octanol–water partition coefficient (Wildman–Crippen LogP) is 5.76. The van der Waals surface area contributed by atoms with E-state index in [9.17, 15) is 0 Å². The van der Waals surface area contributed by atoms with Crippen molar-refractivity contribution >= 4 is 11.8 Å². The Labute approximate surface area is 136 Å². The first-order valence-corrected chi connectivity index (χ1v) is 8.86. The maximum absolute atomic E-state index is 3.91. The van der Waals surface area contributed by atoms with Crippen molar-refractivity contribution in [2.45, 2.75) is 52.4 Å². The minimum atomic E-state index is 0.871. The number of aryl methyl sites for hydroxylation is 1. The lowest BCUT2D eigenvalue weighted by molar-refractivity contribution is 0.363. The fraction of sp³-hybridized carbons (Fsp3) is 0.524. The Balaban J connectivity index is 2.09. The highest BCUT2D eigenvalue weighted by Gasteiger charge is 2.17. The summed E-state index contributed by atoms with van der Waals surface area (Å²) in [6.07, 6.45) is 11.9. The van der Waals surface area contributed by atoms with Crippen LogP contribution >= 0.6 is 0 Å². The van der Waals surface area contributed by atoms with Crippen LogP contribution in [0.1, 0.15) is 62.6 Å². The summed E-state index contributed by atoms with van der Waals surface area (Å²) in [5.74, 6) is 0.871. The molecule has 1 aliphatic carbocycles. The predicted molar refractivity (Wildman–Crippen MR) is 98.8 cm³/mol. The van der Waals surface area contributed by atoms with E-state index in [2.05, 4.69) is 56.6 Å². The molecule has 1 aromatic carbocycles. The first-order chi connectivity index (χ1) is 10.7. The van der Waals surface area contributed by atoms with E-state index in [1.165, 1.54) is 48.1 Å². The molecule has 0 saturated carbocycles. The summed E-state index contributed by atoms with van der Waals surface area (Å²) >= 11 is 0. The second kappa shape index (κ2) is 8.22. The standard InChI is InChI=1S/C21H31N/c1-5-9-17(6-2)14-15-22(4)21-11-8-10-19-13-12-18(7-3)16-20(19)21/h7,11-13,16-17H,3,5-6,8-10,14-15H2,1-2,4H3. The number of nitrogens with zero attached hydrogens (tertiary/aromatic N) is 1. The van der Waals surface area contributed by atoms with E-state index in [1.54, 1.807) is 0 Å². The maximum Gasteiger partial charge on any atom is 0.0399 e. The molecule has 0 amide bonds. The molecule has 0 spiro atoms. The molecule has 1 aromatic rings. The van der Waals surface area contributed by atoms with Crippen molar-refractivity contribution in [2.75, 3.05) is 13.6 Å². The molecular formula is C21H31N. The van der Waals surface area contributed by atoms with Gasteiger partial charge in [0.1, 0.15) is 0 Å². The molecule has 0 N–H and O–H groups in total. The number of allylic oxidation sites excluding steroid dienone is 1. The molecule has 0 aromatic heterocycles. The molecule has 0 aliphatic heterocycles. The van der Waals surface area contributed by atoms with Crippen LogP contribution in [-0.2, 0) is 6.42 Å². The van der Waals surface area contributed by atoms with Gasteiger partial charge < -0.3 is 4.90 Å². The van der Waals surface area contributed by atoms with Gasteiger partial charge in [0.2, 0.25) is 0 Å². The maximum atomic E-state index is 3.91. The molecule has 0 fully saturated rings. The van der Waals surface area contributed by atoms with Crippen molar-refractivity contribution < 1.29 is 0 Å². The van der Waals surface area contributed by atoms with Crippen molar-refractivity contribution in [3.8, 4) is 0 Å². The molecule has 1 heteroatoms. The largest absolute Gasteiger partial charge is 0.374 e. The van der Waals surface area contributed by atoms with Crippen LogP contribution in [0.25, 0.3) is 11.8 Å². The average molecular weight is 297 g/mol. The van der Waals surface area contributed by atoms with Crippen LogP contribution in [0, 0.1) is 5.92 Å². The molecule has 1 aliphatic rings. The molecule has 1 nitrogen and oxygen atoms in total. The Morgan fingerprint density at radius 1 is 1.27 bits per heavy atom. The Morgan fingerprint density at radius 3 is 2.77 bits per heavy atom. The first-order valence-electron chi connectivity index (χ1n) is 8.86. The lowest BCUT2D eigenvalue weighted by Gasteiger charge is -2.29. The van der Waals surface area contributed by atoms with Gasteiger partial charge in [-0.2, -0.15) is 0 Å². The Bertz CT molecular complexity index is 527. The van der Waals surface area contributed by atoms with Gasteiger partial charge in [0, 0.05) is 24.9 Å². The van der Waals surface area contributed by atoms with Crippen molar-refractivity contribution in [2.24, 2.45) is 5.92 Å². The molecule has 0 bridgehead atoms. The summed E-state index contributed by atoms with van der Waals surface area (Å²) in [5.41, 5.74) is 5.53. The monoisotopic (exact) mass is 297 g/mol. The minimum absolute atomic E-state index is 0.871. The third-order valence-electron chi connectivity index (χ3n) is 4.96. The topological polar surface area (TPSA) is 3.24 Å². The average Bonchev–Trinajstić information content (AvgIpc) is 2.57. The van der Waals surface area contributed by atoms with E-state index < -0.39 is 0 Å². The fourth-order valence-electron chi connectivity index (χ4n) is 3.47. The van der Waals surface area contributed by atoms with Crippen LogP contribution in [0.5, 0.6) is 0 Å². The Hall–Kier alpha value is -1.50. The lowest BCUT2D eigenvalue weighted by atomic mass is 9.91. The second-order valence-electron chi connectivity index (χ2n) is 6.52. The number of benzene rings is 1. The smallest absolute Gasteiger partial charge is 0.0399 e. The van der Waals surface area contributed by atoms with Crippen LogP contribution in [0.15, 0.2) is 30.9 Å². The van der Waals surface area contributed by atoms with E-state index >= 15 is 0 Å². The lowest BCUT2D eigenvalue weighted by Crippen LogP contribution is -2.22. The molecule has 0 saturated heterocycles. The van der Waals surface area contributed by atoms with Crippen molar-refractivity contribution in [3.63, 3.8) is 0 Å². The van der Waals surface area contributed by atoms with Crippen LogP contribution < -0.4 is 0 Å². The van der Waals surface area contributed by atoms with Gasteiger partial charge in [-0.15, -0.1) is 0 Å². The van der Waals surface area contributed by atoms with Gasteiger partial charge in [-0.05, 0) is 42.4 Å². The van der Waals surface area contributed by atoms with Gasteiger partial charge in [-0.1, -0.05) is 64.0 Å². The number of hydrogen-bond donors (Lipinski definition) is 0. The normalized spacial score (nSPS) is 15.0. The van der Waals surface area contributed by atoms with E-state index in [0.29, 0.717) is 0 Å². The van der Waals surface area contributed by atoms with Crippen LogP contribution in [0.4, 0.5) is 0 Å². The van der Waals surface area contributed by atoms with E-state index in [0.717, 1.165) is 25.3 Å². The Kier molecular flexibility index (Phi) is 6.30. The Morgan fingerprint density at radius 2 is 2.09 bits per heavy atom. The second-order valence-corrected chi connectivity index (χ2v) is 6.52. The highest BCUT2D eigenvalue weighted by molar-refractivity contribution is 5.71. The molecule has 2 rings (SSSR count). The zero-order valence-electron chi connectivity index (χ0n) is 14.6. The molecule has 22 heavy (non-hydrogen) atoms. The number of hydrogen-bond acceptors (Lipinski definition) is 1. The highest BCUT2D eigenvalue weighted by atomic mass is 15.1. The summed E-state index contributed by atoms with van der Waals surface area (Å²) in [7, 11) is 2.25. The van der Waals surface area contributed by atoms with Gasteiger partial charge in [-0.25, -0.2) is 0 Å². The summed E-state index contributed by atoms with van der Waals surface area (Å²) in [5, 5.41) is 0. The molecule has 1 atom stereocenters. The molecule has 1 unspecified atom stereocenters. The van der Waals surface area contributed by atoms with E-state index in [4.69, 9.17) is 0 Å². The summed E-state index contributed by atoms with van der Waals surface area (Å²) in [4.78, 5) is 2.46. The van der Waals surface area contributed by atoms with Crippen molar-refractivity contribution in [1.82, 2.24) is 4.90 Å². The molecule has 0 heterocycles. The van der Waals surface area contributed by atoms with Gasteiger partial charge in [0.25, 0.3) is 0 Å². The molecule has 120 valence electrons. The highest BCUT2D eigenvalue weighted by Crippen LogP contribution is 2.30. The first kappa shape index (κ1) is 16.9. The van der Waals surface area contributed by atoms with Crippen LogP contribution in [-0.4, -0.2) is 18.5 Å². The van der Waals surface area contributed by atoms with Crippen molar-refractivity contribution in [1.29, 1.82) is 0 Å². The third kappa shape index (κ3) is 4.03. The molecule has 0 radical (unpaired) electrons. The fourth-order valence-corrected chi connectivity index (χ4v) is 3.47. The number of fused-ring (bicyclic) bond motifs is 1. The van der Waals surface area contributed by atoms with Gasteiger partial charge in [0.15, 0.2) is 0 Å². The molecular weight excluding hydrogens is 266 g/mol. The quantitative estimate of drug-likeness (QED) is 0.589. The zero-order valence-corrected chi connectivity index (χ0v) is 14.6. The third-order valence-corrected chi connectivity index (χ3v) is 4.96. The van der Waals surface area contributed by atoms with Gasteiger partial charge in [-0.3, -0.25) is 0 Å².